The zero-order valence-electron chi connectivity index (χ0n) is 11.9. The maximum atomic E-state index is 12.0. The van der Waals surface area contributed by atoms with Crippen molar-refractivity contribution in [2.45, 2.75) is 32.6 Å². The fraction of sp³-hybridized carbons (Fsp3) is 0.500. The molecule has 0 aromatic heterocycles. The molecule has 0 bridgehead atoms. The van der Waals surface area contributed by atoms with Gasteiger partial charge in [0, 0.05) is 10.5 Å². The molecule has 0 aliphatic carbocycles. The second-order valence-electron chi connectivity index (χ2n) is 5.26. The summed E-state index contributed by atoms with van der Waals surface area (Å²) < 4.78 is 24.8. The van der Waals surface area contributed by atoms with E-state index in [2.05, 4.69) is 21.2 Å². The van der Waals surface area contributed by atoms with Gasteiger partial charge in [-0.1, -0.05) is 41.9 Å². The minimum atomic E-state index is -3.45. The SMILES string of the molecule is CC(C)C(C)NC(=O)CS(=O)(=O)Cc1cccc(Br)c1. The third-order valence-corrected chi connectivity index (χ3v) is 4.98. The van der Waals surface area contributed by atoms with Gasteiger partial charge in [0.15, 0.2) is 9.84 Å². The molecule has 4 nitrogen and oxygen atoms in total. The Morgan fingerprint density at radius 2 is 1.95 bits per heavy atom. The lowest BCUT2D eigenvalue weighted by Gasteiger charge is -2.17. The Morgan fingerprint density at radius 1 is 1.30 bits per heavy atom. The van der Waals surface area contributed by atoms with E-state index in [4.69, 9.17) is 0 Å². The molecule has 112 valence electrons. The number of nitrogens with one attached hydrogen (secondary N) is 1. The Bertz CT molecular complexity index is 570. The monoisotopic (exact) mass is 361 g/mol. The highest BCUT2D eigenvalue weighted by molar-refractivity contribution is 9.10. The fourth-order valence-electron chi connectivity index (χ4n) is 1.59. The van der Waals surface area contributed by atoms with Crippen LogP contribution in [0.1, 0.15) is 26.3 Å². The summed E-state index contributed by atoms with van der Waals surface area (Å²) in [5, 5.41) is 2.71. The fourth-order valence-corrected chi connectivity index (χ4v) is 3.31. The molecule has 1 atom stereocenters. The van der Waals surface area contributed by atoms with Crippen molar-refractivity contribution in [3.63, 3.8) is 0 Å². The van der Waals surface area contributed by atoms with Crippen LogP contribution in [0.4, 0.5) is 0 Å². The van der Waals surface area contributed by atoms with Crippen molar-refractivity contribution < 1.29 is 13.2 Å². The minimum Gasteiger partial charge on any atom is -0.353 e. The van der Waals surface area contributed by atoms with Crippen LogP contribution < -0.4 is 5.32 Å². The number of hydrogen-bond donors (Lipinski definition) is 1. The lowest BCUT2D eigenvalue weighted by atomic mass is 10.1. The first kappa shape index (κ1) is 17.2. The molecule has 1 rings (SSSR count). The first-order chi connectivity index (χ1) is 9.19. The van der Waals surface area contributed by atoms with Gasteiger partial charge in [-0.15, -0.1) is 0 Å². The summed E-state index contributed by atoms with van der Waals surface area (Å²) in [6, 6.07) is 7.04. The van der Waals surface area contributed by atoms with Crippen LogP contribution in [-0.4, -0.2) is 26.1 Å². The van der Waals surface area contributed by atoms with Crippen LogP contribution in [0.2, 0.25) is 0 Å². The van der Waals surface area contributed by atoms with Crippen molar-refractivity contribution >= 4 is 31.7 Å². The summed E-state index contributed by atoms with van der Waals surface area (Å²) in [6.07, 6.45) is 0. The molecule has 20 heavy (non-hydrogen) atoms. The van der Waals surface area contributed by atoms with Crippen molar-refractivity contribution in [2.75, 3.05) is 5.75 Å². The number of amides is 1. The largest absolute Gasteiger partial charge is 0.353 e. The van der Waals surface area contributed by atoms with E-state index in [0.29, 0.717) is 5.56 Å². The van der Waals surface area contributed by atoms with E-state index >= 15 is 0 Å². The van der Waals surface area contributed by atoms with Gasteiger partial charge in [0.2, 0.25) is 5.91 Å². The molecule has 0 spiro atoms. The number of carbonyl (C=O) groups is 1. The predicted molar refractivity (Wildman–Crippen MR) is 84.1 cm³/mol. The summed E-state index contributed by atoms with van der Waals surface area (Å²) in [5.41, 5.74) is 0.670. The summed E-state index contributed by atoms with van der Waals surface area (Å²) in [4.78, 5) is 11.7. The molecule has 1 amide bonds. The maximum absolute atomic E-state index is 12.0. The maximum Gasteiger partial charge on any atom is 0.235 e. The van der Waals surface area contributed by atoms with E-state index < -0.39 is 21.5 Å². The van der Waals surface area contributed by atoms with Crippen LogP contribution in [-0.2, 0) is 20.4 Å². The Balaban J connectivity index is 2.64. The molecule has 1 aromatic rings. The van der Waals surface area contributed by atoms with Gasteiger partial charge in [0.1, 0.15) is 5.75 Å². The van der Waals surface area contributed by atoms with Crippen LogP contribution in [0.25, 0.3) is 0 Å². The molecule has 0 heterocycles. The molecule has 6 heteroatoms. The summed E-state index contributed by atoms with van der Waals surface area (Å²) in [7, 11) is -3.45. The predicted octanol–water partition coefficient (Wildman–Crippen LogP) is 2.52. The van der Waals surface area contributed by atoms with Gasteiger partial charge in [0.25, 0.3) is 0 Å². The third kappa shape index (κ3) is 6.05. The van der Waals surface area contributed by atoms with Crippen molar-refractivity contribution in [1.29, 1.82) is 0 Å². The van der Waals surface area contributed by atoms with Crippen molar-refractivity contribution in [3.8, 4) is 0 Å². The van der Waals surface area contributed by atoms with Gasteiger partial charge in [-0.25, -0.2) is 8.42 Å². The van der Waals surface area contributed by atoms with Gasteiger partial charge in [-0.2, -0.15) is 0 Å². The molecule has 0 fully saturated rings. The second-order valence-corrected chi connectivity index (χ2v) is 8.24. The van der Waals surface area contributed by atoms with Gasteiger partial charge in [-0.3, -0.25) is 4.79 Å². The Kier molecular flexibility index (Phi) is 6.20. The zero-order valence-corrected chi connectivity index (χ0v) is 14.3. The summed E-state index contributed by atoms with van der Waals surface area (Å²) in [6.45, 7) is 5.81. The molecule has 0 radical (unpaired) electrons. The van der Waals surface area contributed by atoms with Gasteiger partial charge < -0.3 is 5.32 Å². The quantitative estimate of drug-likeness (QED) is 0.846. The summed E-state index contributed by atoms with van der Waals surface area (Å²) in [5.74, 6) is -0.778. The normalized spacial score (nSPS) is 13.2. The third-order valence-electron chi connectivity index (χ3n) is 3.02. The highest BCUT2D eigenvalue weighted by Gasteiger charge is 2.19. The Labute approximate surface area is 129 Å². The van der Waals surface area contributed by atoms with Gasteiger partial charge in [-0.05, 0) is 30.5 Å². The topological polar surface area (TPSA) is 63.2 Å². The van der Waals surface area contributed by atoms with Crippen LogP contribution in [0.3, 0.4) is 0 Å². The van der Waals surface area contributed by atoms with Crippen LogP contribution >= 0.6 is 15.9 Å². The molecular formula is C14H20BrNO3S. The van der Waals surface area contributed by atoms with Crippen LogP contribution in [0, 0.1) is 5.92 Å². The summed E-state index contributed by atoms with van der Waals surface area (Å²) >= 11 is 3.30. The first-order valence-corrected chi connectivity index (χ1v) is 9.05. The van der Waals surface area contributed by atoms with E-state index in [1.165, 1.54) is 0 Å². The lowest BCUT2D eigenvalue weighted by Crippen LogP contribution is -2.39. The molecule has 1 aromatic carbocycles. The van der Waals surface area contributed by atoms with Gasteiger partial charge in [0.05, 0.1) is 5.75 Å². The molecule has 0 saturated heterocycles. The van der Waals surface area contributed by atoms with E-state index in [-0.39, 0.29) is 17.7 Å². The average Bonchev–Trinajstić information content (AvgIpc) is 2.26. The second kappa shape index (κ2) is 7.22. The van der Waals surface area contributed by atoms with E-state index in [9.17, 15) is 13.2 Å². The van der Waals surface area contributed by atoms with E-state index in [0.717, 1.165) is 4.47 Å². The first-order valence-electron chi connectivity index (χ1n) is 6.44. The van der Waals surface area contributed by atoms with E-state index in [1.54, 1.807) is 18.2 Å². The van der Waals surface area contributed by atoms with Crippen molar-refractivity contribution in [1.82, 2.24) is 5.32 Å². The number of sulfone groups is 1. The average molecular weight is 362 g/mol. The molecule has 0 saturated carbocycles. The number of halogens is 1. The number of carbonyl (C=O) groups excluding carboxylic acids is 1. The van der Waals surface area contributed by atoms with Crippen molar-refractivity contribution in [2.24, 2.45) is 5.92 Å². The van der Waals surface area contributed by atoms with Gasteiger partial charge >= 0.3 is 0 Å². The smallest absolute Gasteiger partial charge is 0.235 e. The standard InChI is InChI=1S/C14H20BrNO3S/c1-10(2)11(3)16-14(17)9-20(18,19)8-12-5-4-6-13(15)7-12/h4-7,10-11H,8-9H2,1-3H3,(H,16,17). The Hall–Kier alpha value is -0.880. The zero-order chi connectivity index (χ0) is 15.3. The number of rotatable bonds is 6. The molecule has 0 aliphatic heterocycles. The highest BCUT2D eigenvalue weighted by Crippen LogP contribution is 2.14. The minimum absolute atomic E-state index is 0.0384. The van der Waals surface area contributed by atoms with Crippen molar-refractivity contribution in [3.05, 3.63) is 34.3 Å². The molecule has 1 N–H and O–H groups in total. The van der Waals surface area contributed by atoms with Crippen LogP contribution in [0.5, 0.6) is 0 Å². The highest BCUT2D eigenvalue weighted by atomic mass is 79.9. The molecule has 1 unspecified atom stereocenters. The number of benzene rings is 1. The Morgan fingerprint density at radius 3 is 2.50 bits per heavy atom. The molecule has 0 aliphatic rings. The lowest BCUT2D eigenvalue weighted by molar-refractivity contribution is -0.119. The van der Waals surface area contributed by atoms with Crippen LogP contribution in [0.15, 0.2) is 28.7 Å². The number of hydrogen-bond acceptors (Lipinski definition) is 3. The van der Waals surface area contributed by atoms with E-state index in [1.807, 2.05) is 26.8 Å². The molecular weight excluding hydrogens is 342 g/mol.